The van der Waals surface area contributed by atoms with Crippen molar-refractivity contribution in [1.82, 2.24) is 15.1 Å². The molecule has 0 radical (unpaired) electrons. The van der Waals surface area contributed by atoms with Crippen LogP contribution in [0.2, 0.25) is 0 Å². The van der Waals surface area contributed by atoms with Crippen LogP contribution in [-0.4, -0.2) is 66.9 Å². The van der Waals surface area contributed by atoms with Crippen LogP contribution in [0.3, 0.4) is 0 Å². The Morgan fingerprint density at radius 3 is 2.10 bits per heavy atom. The molecule has 166 valence electrons. The van der Waals surface area contributed by atoms with Crippen molar-refractivity contribution in [3.63, 3.8) is 0 Å². The maximum atomic E-state index is 12.9. The van der Waals surface area contributed by atoms with Crippen LogP contribution in [-0.2, 0) is 16.0 Å². The summed E-state index contributed by atoms with van der Waals surface area (Å²) >= 11 is 0. The molecule has 31 heavy (non-hydrogen) atoms. The first-order valence-electron chi connectivity index (χ1n) is 10.8. The van der Waals surface area contributed by atoms with Gasteiger partial charge in [-0.25, -0.2) is 4.39 Å². The molecule has 2 N–H and O–H groups in total. The summed E-state index contributed by atoms with van der Waals surface area (Å²) < 4.78 is 12.9. The first-order chi connectivity index (χ1) is 15.0. The summed E-state index contributed by atoms with van der Waals surface area (Å²) in [7, 11) is 0. The third-order valence-corrected chi connectivity index (χ3v) is 5.44. The summed E-state index contributed by atoms with van der Waals surface area (Å²) in [5.41, 5.74) is 1.87. The Balaban J connectivity index is 1.31. The second kappa shape index (κ2) is 11.6. The molecule has 2 aromatic rings. The molecule has 0 unspecified atom stereocenters. The molecule has 0 aromatic heterocycles. The van der Waals surface area contributed by atoms with Gasteiger partial charge < -0.3 is 10.6 Å². The third kappa shape index (κ3) is 8.11. The maximum absolute atomic E-state index is 12.9. The van der Waals surface area contributed by atoms with Crippen molar-refractivity contribution in [2.24, 2.45) is 0 Å². The Morgan fingerprint density at radius 2 is 1.48 bits per heavy atom. The normalized spacial score (nSPS) is 15.9. The van der Waals surface area contributed by atoms with Gasteiger partial charge in [0.2, 0.25) is 11.8 Å². The first-order valence-corrected chi connectivity index (χ1v) is 10.8. The van der Waals surface area contributed by atoms with Gasteiger partial charge in [0.05, 0.1) is 13.1 Å². The van der Waals surface area contributed by atoms with Gasteiger partial charge in [-0.05, 0) is 49.6 Å². The lowest BCUT2D eigenvalue weighted by Gasteiger charge is -2.34. The lowest BCUT2D eigenvalue weighted by atomic mass is 10.1. The SMILES string of the molecule is C[C@@H](CCc1ccccc1)NC(=O)CN1CCN(CC(=O)Nc2ccc(F)cc2)CC1. The number of anilines is 1. The van der Waals surface area contributed by atoms with E-state index < -0.39 is 0 Å². The fourth-order valence-electron chi connectivity index (χ4n) is 3.67. The first kappa shape index (κ1) is 22.9. The molecule has 2 amide bonds. The van der Waals surface area contributed by atoms with Crippen LogP contribution in [0.5, 0.6) is 0 Å². The third-order valence-electron chi connectivity index (χ3n) is 5.44. The molecule has 6 nitrogen and oxygen atoms in total. The molecule has 1 fully saturated rings. The van der Waals surface area contributed by atoms with Gasteiger partial charge in [-0.3, -0.25) is 19.4 Å². The van der Waals surface area contributed by atoms with Crippen LogP contribution in [0.4, 0.5) is 10.1 Å². The Bertz CT molecular complexity index is 836. The van der Waals surface area contributed by atoms with Crippen LogP contribution >= 0.6 is 0 Å². The molecule has 2 aromatic carbocycles. The second-order valence-electron chi connectivity index (χ2n) is 8.10. The molecule has 1 heterocycles. The summed E-state index contributed by atoms with van der Waals surface area (Å²) in [5.74, 6) is -0.406. The molecule has 3 rings (SSSR count). The zero-order chi connectivity index (χ0) is 22.1. The minimum absolute atomic E-state index is 0.0445. The van der Waals surface area contributed by atoms with E-state index in [2.05, 4.69) is 32.6 Å². The largest absolute Gasteiger partial charge is 0.353 e. The van der Waals surface area contributed by atoms with Crippen LogP contribution < -0.4 is 10.6 Å². The lowest BCUT2D eigenvalue weighted by molar-refractivity contribution is -0.124. The van der Waals surface area contributed by atoms with Crippen LogP contribution in [0.25, 0.3) is 0 Å². The van der Waals surface area contributed by atoms with E-state index in [1.165, 1.54) is 17.7 Å². The molecular formula is C24H31FN4O2. The predicted molar refractivity (Wildman–Crippen MR) is 120 cm³/mol. The number of hydrogen-bond donors (Lipinski definition) is 2. The smallest absolute Gasteiger partial charge is 0.238 e. The van der Waals surface area contributed by atoms with Crippen molar-refractivity contribution in [2.75, 3.05) is 44.6 Å². The Morgan fingerprint density at radius 1 is 0.903 bits per heavy atom. The summed E-state index contributed by atoms with van der Waals surface area (Å²) in [4.78, 5) is 28.7. The number of amides is 2. The van der Waals surface area contributed by atoms with Crippen LogP contribution in [0.15, 0.2) is 54.6 Å². The fraction of sp³-hybridized carbons (Fsp3) is 0.417. The molecule has 7 heteroatoms. The number of halogens is 1. The van der Waals surface area contributed by atoms with Gasteiger partial charge in [0.25, 0.3) is 0 Å². The minimum Gasteiger partial charge on any atom is -0.353 e. The number of rotatable bonds is 9. The van der Waals surface area contributed by atoms with E-state index in [-0.39, 0.29) is 30.2 Å². The Hall–Kier alpha value is -2.77. The number of hydrogen-bond acceptors (Lipinski definition) is 4. The molecule has 0 saturated carbocycles. The topological polar surface area (TPSA) is 64.7 Å². The number of piperazine rings is 1. The van der Waals surface area contributed by atoms with Gasteiger partial charge in [-0.1, -0.05) is 30.3 Å². The van der Waals surface area contributed by atoms with E-state index in [1.54, 1.807) is 12.1 Å². The molecule has 0 bridgehead atoms. The quantitative estimate of drug-likeness (QED) is 0.647. The van der Waals surface area contributed by atoms with E-state index in [0.29, 0.717) is 12.2 Å². The van der Waals surface area contributed by atoms with Gasteiger partial charge in [0, 0.05) is 37.9 Å². The van der Waals surface area contributed by atoms with Crippen molar-refractivity contribution in [3.8, 4) is 0 Å². The van der Waals surface area contributed by atoms with Crippen LogP contribution in [0, 0.1) is 5.82 Å². The van der Waals surface area contributed by atoms with E-state index >= 15 is 0 Å². The molecular weight excluding hydrogens is 395 g/mol. The standard InChI is InChI=1S/C24H31FN4O2/c1-19(7-8-20-5-3-2-4-6-20)26-23(30)17-28-13-15-29(16-14-28)18-24(31)27-22-11-9-21(25)10-12-22/h2-6,9-12,19H,7-8,13-18H2,1H3,(H,26,30)(H,27,31)/t19-/m0/s1. The van der Waals surface area contributed by atoms with E-state index in [1.807, 2.05) is 25.1 Å². The average Bonchev–Trinajstić information content (AvgIpc) is 2.76. The van der Waals surface area contributed by atoms with Crippen molar-refractivity contribution < 1.29 is 14.0 Å². The van der Waals surface area contributed by atoms with Crippen molar-refractivity contribution in [2.45, 2.75) is 25.8 Å². The van der Waals surface area contributed by atoms with Crippen molar-refractivity contribution >= 4 is 17.5 Å². The van der Waals surface area contributed by atoms with Gasteiger partial charge in [0.15, 0.2) is 0 Å². The summed E-state index contributed by atoms with van der Waals surface area (Å²) in [6.45, 7) is 5.66. The van der Waals surface area contributed by atoms with Crippen molar-refractivity contribution in [1.29, 1.82) is 0 Å². The molecule has 1 saturated heterocycles. The molecule has 1 aliphatic rings. The maximum Gasteiger partial charge on any atom is 0.238 e. The summed E-state index contributed by atoms with van der Waals surface area (Å²) in [6.07, 6.45) is 1.85. The number of nitrogens with one attached hydrogen (secondary N) is 2. The fourth-order valence-corrected chi connectivity index (χ4v) is 3.67. The number of carbonyl (C=O) groups excluding carboxylic acids is 2. The monoisotopic (exact) mass is 426 g/mol. The lowest BCUT2D eigenvalue weighted by Crippen LogP contribution is -2.51. The van der Waals surface area contributed by atoms with E-state index in [9.17, 15) is 14.0 Å². The summed E-state index contributed by atoms with van der Waals surface area (Å²) in [5, 5.41) is 5.87. The summed E-state index contributed by atoms with van der Waals surface area (Å²) in [6, 6.07) is 16.1. The van der Waals surface area contributed by atoms with Gasteiger partial charge >= 0.3 is 0 Å². The molecule has 1 atom stereocenters. The zero-order valence-electron chi connectivity index (χ0n) is 18.0. The molecule has 1 aliphatic heterocycles. The van der Waals surface area contributed by atoms with Crippen LogP contribution in [0.1, 0.15) is 18.9 Å². The van der Waals surface area contributed by atoms with Gasteiger partial charge in [0.1, 0.15) is 5.82 Å². The molecule has 0 aliphatic carbocycles. The highest BCUT2D eigenvalue weighted by Crippen LogP contribution is 2.09. The van der Waals surface area contributed by atoms with E-state index in [4.69, 9.17) is 0 Å². The number of aryl methyl sites for hydroxylation is 1. The number of benzene rings is 2. The highest BCUT2D eigenvalue weighted by Gasteiger charge is 2.21. The number of nitrogens with zero attached hydrogens (tertiary/aromatic N) is 2. The number of carbonyl (C=O) groups is 2. The van der Waals surface area contributed by atoms with E-state index in [0.717, 1.165) is 39.0 Å². The highest BCUT2D eigenvalue weighted by molar-refractivity contribution is 5.92. The van der Waals surface area contributed by atoms with Gasteiger partial charge in [-0.2, -0.15) is 0 Å². The Labute approximate surface area is 183 Å². The average molecular weight is 427 g/mol. The predicted octanol–water partition coefficient (Wildman–Crippen LogP) is 2.52. The zero-order valence-corrected chi connectivity index (χ0v) is 18.0. The Kier molecular flexibility index (Phi) is 8.55. The van der Waals surface area contributed by atoms with Crippen molar-refractivity contribution in [3.05, 3.63) is 66.0 Å². The van der Waals surface area contributed by atoms with Gasteiger partial charge in [-0.15, -0.1) is 0 Å². The second-order valence-corrected chi connectivity index (χ2v) is 8.10. The minimum atomic E-state index is -0.330. The molecule has 0 spiro atoms. The highest BCUT2D eigenvalue weighted by atomic mass is 19.1.